The number of thiazole rings is 1. The Hall–Kier alpha value is -3.04. The van der Waals surface area contributed by atoms with Crippen LogP contribution in [0.25, 0.3) is 10.4 Å². The zero-order valence-electron chi connectivity index (χ0n) is 20.3. The number of anilines is 1. The summed E-state index contributed by atoms with van der Waals surface area (Å²) in [5.41, 5.74) is 1.21. The van der Waals surface area contributed by atoms with E-state index >= 15 is 0 Å². The highest BCUT2D eigenvalue weighted by Crippen LogP contribution is 2.34. The van der Waals surface area contributed by atoms with Gasteiger partial charge in [-0.1, -0.05) is 17.4 Å². The van der Waals surface area contributed by atoms with E-state index in [0.717, 1.165) is 42.5 Å². The standard InChI is InChI=1S/C26H29F2N3O3S/c1-16-5-7-21(34-19(4)32)12-24(16)33-10-9-31-17(2)14-30(15-18(31)3)26-29-13-25(35-26)22-11-20(27)6-8-23(22)28/h5-8,11-13,17-18H,9-10,14-15H2,1-4H3. The lowest BCUT2D eigenvalue weighted by atomic mass is 10.1. The number of benzene rings is 2. The van der Waals surface area contributed by atoms with Gasteiger partial charge in [0.15, 0.2) is 5.13 Å². The molecule has 1 aromatic heterocycles. The number of aromatic nitrogens is 1. The van der Waals surface area contributed by atoms with E-state index in [4.69, 9.17) is 9.47 Å². The van der Waals surface area contributed by atoms with Gasteiger partial charge in [-0.2, -0.15) is 0 Å². The van der Waals surface area contributed by atoms with Crippen LogP contribution < -0.4 is 14.4 Å². The fraction of sp³-hybridized carbons (Fsp3) is 0.385. The van der Waals surface area contributed by atoms with Crippen LogP contribution in [-0.2, 0) is 4.79 Å². The van der Waals surface area contributed by atoms with Gasteiger partial charge in [-0.15, -0.1) is 0 Å². The van der Waals surface area contributed by atoms with Gasteiger partial charge >= 0.3 is 5.97 Å². The Morgan fingerprint density at radius 2 is 1.89 bits per heavy atom. The molecule has 0 saturated carbocycles. The van der Waals surface area contributed by atoms with Crippen molar-refractivity contribution in [2.75, 3.05) is 31.1 Å². The maximum Gasteiger partial charge on any atom is 0.308 e. The Morgan fingerprint density at radius 3 is 2.60 bits per heavy atom. The summed E-state index contributed by atoms with van der Waals surface area (Å²) >= 11 is 1.37. The zero-order valence-corrected chi connectivity index (χ0v) is 21.1. The number of piperazine rings is 1. The third-order valence-electron chi connectivity index (χ3n) is 6.09. The average Bonchev–Trinajstić information content (AvgIpc) is 3.29. The van der Waals surface area contributed by atoms with Crippen LogP contribution in [0.4, 0.5) is 13.9 Å². The molecule has 35 heavy (non-hydrogen) atoms. The van der Waals surface area contributed by atoms with Crippen molar-refractivity contribution in [1.29, 1.82) is 0 Å². The first kappa shape index (κ1) is 25.1. The summed E-state index contributed by atoms with van der Waals surface area (Å²) in [6.45, 7) is 10.4. The fourth-order valence-electron chi connectivity index (χ4n) is 4.40. The molecule has 0 amide bonds. The number of halogens is 2. The fourth-order valence-corrected chi connectivity index (χ4v) is 5.35. The van der Waals surface area contributed by atoms with E-state index in [9.17, 15) is 13.6 Å². The Balaban J connectivity index is 1.36. The first-order valence-corrected chi connectivity index (χ1v) is 12.4. The van der Waals surface area contributed by atoms with E-state index in [0.29, 0.717) is 23.0 Å². The van der Waals surface area contributed by atoms with Gasteiger partial charge in [0.2, 0.25) is 0 Å². The number of carbonyl (C=O) groups is 1. The first-order chi connectivity index (χ1) is 16.7. The maximum absolute atomic E-state index is 14.2. The predicted molar refractivity (Wildman–Crippen MR) is 133 cm³/mol. The van der Waals surface area contributed by atoms with Crippen molar-refractivity contribution in [2.45, 2.75) is 39.8 Å². The summed E-state index contributed by atoms with van der Waals surface area (Å²) in [6.07, 6.45) is 1.61. The molecule has 186 valence electrons. The van der Waals surface area contributed by atoms with Crippen LogP contribution in [0.2, 0.25) is 0 Å². The van der Waals surface area contributed by atoms with Gasteiger partial charge in [-0.05, 0) is 50.6 Å². The minimum absolute atomic E-state index is 0.235. The molecule has 0 aliphatic carbocycles. The molecule has 1 aliphatic rings. The van der Waals surface area contributed by atoms with Gasteiger partial charge in [0.05, 0.1) is 4.88 Å². The number of ether oxygens (including phenoxy) is 2. The Labute approximate surface area is 208 Å². The quantitative estimate of drug-likeness (QED) is 0.324. The summed E-state index contributed by atoms with van der Waals surface area (Å²) in [7, 11) is 0. The second-order valence-corrected chi connectivity index (χ2v) is 9.85. The number of rotatable bonds is 7. The number of hydrogen-bond donors (Lipinski definition) is 0. The Morgan fingerprint density at radius 1 is 1.14 bits per heavy atom. The Bertz CT molecular complexity index is 1190. The van der Waals surface area contributed by atoms with Crippen molar-refractivity contribution in [3.05, 3.63) is 59.8 Å². The van der Waals surface area contributed by atoms with Gasteiger partial charge in [0.25, 0.3) is 0 Å². The SMILES string of the molecule is CC(=O)Oc1ccc(C)c(OCCN2C(C)CN(c3ncc(-c4cc(F)ccc4F)s3)CC2C)c1. The summed E-state index contributed by atoms with van der Waals surface area (Å²) in [5, 5.41) is 0.802. The van der Waals surface area contributed by atoms with E-state index in [2.05, 4.69) is 28.6 Å². The third kappa shape index (κ3) is 5.97. The summed E-state index contributed by atoms with van der Waals surface area (Å²) < 4.78 is 39.0. The average molecular weight is 502 g/mol. The Kier molecular flexibility index (Phi) is 7.66. The second kappa shape index (κ2) is 10.7. The molecule has 2 unspecified atom stereocenters. The smallest absolute Gasteiger partial charge is 0.308 e. The molecular weight excluding hydrogens is 472 g/mol. The molecule has 2 heterocycles. The molecule has 0 spiro atoms. The van der Waals surface area contributed by atoms with E-state index in [1.807, 2.05) is 13.0 Å². The van der Waals surface area contributed by atoms with Crippen molar-refractivity contribution in [1.82, 2.24) is 9.88 Å². The molecule has 9 heteroatoms. The topological polar surface area (TPSA) is 54.9 Å². The highest BCUT2D eigenvalue weighted by Gasteiger charge is 2.30. The highest BCUT2D eigenvalue weighted by molar-refractivity contribution is 7.18. The minimum atomic E-state index is -0.470. The van der Waals surface area contributed by atoms with Crippen molar-refractivity contribution in [3.63, 3.8) is 0 Å². The van der Waals surface area contributed by atoms with Crippen molar-refractivity contribution >= 4 is 22.4 Å². The lowest BCUT2D eigenvalue weighted by Crippen LogP contribution is -2.57. The lowest BCUT2D eigenvalue weighted by Gasteiger charge is -2.44. The van der Waals surface area contributed by atoms with Gasteiger partial charge < -0.3 is 14.4 Å². The third-order valence-corrected chi connectivity index (χ3v) is 7.18. The van der Waals surface area contributed by atoms with Crippen molar-refractivity contribution in [2.24, 2.45) is 0 Å². The predicted octanol–water partition coefficient (Wildman–Crippen LogP) is 5.30. The first-order valence-electron chi connectivity index (χ1n) is 11.5. The van der Waals surface area contributed by atoms with E-state index in [1.54, 1.807) is 18.3 Å². The molecule has 1 saturated heterocycles. The molecule has 3 aromatic rings. The van der Waals surface area contributed by atoms with Gasteiger partial charge in [0, 0.05) is 56.5 Å². The molecule has 0 radical (unpaired) electrons. The second-order valence-electron chi connectivity index (χ2n) is 8.84. The molecule has 1 aliphatic heterocycles. The zero-order chi connectivity index (χ0) is 25.1. The van der Waals surface area contributed by atoms with Gasteiger partial charge in [0.1, 0.15) is 29.7 Å². The van der Waals surface area contributed by atoms with Crippen LogP contribution in [0, 0.1) is 18.6 Å². The number of carbonyl (C=O) groups excluding carboxylic acids is 1. The van der Waals surface area contributed by atoms with Crippen molar-refractivity contribution in [3.8, 4) is 21.9 Å². The number of esters is 1. The maximum atomic E-state index is 14.2. The van der Waals surface area contributed by atoms with Crippen LogP contribution in [0.5, 0.6) is 11.5 Å². The summed E-state index contributed by atoms with van der Waals surface area (Å²) in [6, 6.07) is 9.31. The molecule has 1 fully saturated rings. The molecule has 4 rings (SSSR count). The van der Waals surface area contributed by atoms with Crippen LogP contribution in [0.1, 0.15) is 26.3 Å². The van der Waals surface area contributed by atoms with Gasteiger partial charge in [-0.3, -0.25) is 9.69 Å². The van der Waals surface area contributed by atoms with E-state index < -0.39 is 11.6 Å². The van der Waals surface area contributed by atoms with Crippen LogP contribution in [0.3, 0.4) is 0 Å². The summed E-state index contributed by atoms with van der Waals surface area (Å²) in [5.74, 6) is -0.129. The molecule has 6 nitrogen and oxygen atoms in total. The molecule has 2 atom stereocenters. The van der Waals surface area contributed by atoms with Gasteiger partial charge in [-0.25, -0.2) is 13.8 Å². The van der Waals surface area contributed by atoms with Crippen molar-refractivity contribution < 1.29 is 23.0 Å². The molecule has 0 N–H and O–H groups in total. The summed E-state index contributed by atoms with van der Waals surface area (Å²) in [4.78, 5) is 20.9. The highest BCUT2D eigenvalue weighted by atomic mass is 32.1. The van der Waals surface area contributed by atoms with E-state index in [-0.39, 0.29) is 23.6 Å². The lowest BCUT2D eigenvalue weighted by molar-refractivity contribution is -0.131. The van der Waals surface area contributed by atoms with Crippen LogP contribution in [-0.4, -0.2) is 54.2 Å². The number of aryl methyl sites for hydroxylation is 1. The monoisotopic (exact) mass is 501 g/mol. The van der Waals surface area contributed by atoms with E-state index in [1.165, 1.54) is 24.3 Å². The largest absolute Gasteiger partial charge is 0.492 e. The molecule has 2 aromatic carbocycles. The molecule has 0 bridgehead atoms. The number of nitrogens with zero attached hydrogens (tertiary/aromatic N) is 3. The van der Waals surface area contributed by atoms with Crippen LogP contribution in [0.15, 0.2) is 42.6 Å². The number of hydrogen-bond acceptors (Lipinski definition) is 7. The van der Waals surface area contributed by atoms with Crippen LogP contribution >= 0.6 is 11.3 Å². The molecular formula is C26H29F2N3O3S. The minimum Gasteiger partial charge on any atom is -0.492 e. The normalized spacial score (nSPS) is 18.5.